The first-order valence-electron chi connectivity index (χ1n) is 7.28. The minimum Gasteiger partial charge on any atom is -0.491 e. The Kier molecular flexibility index (Phi) is 3.58. The quantitative estimate of drug-likeness (QED) is 0.939. The van der Waals surface area contributed by atoms with Crippen molar-refractivity contribution in [1.29, 1.82) is 0 Å². The minimum atomic E-state index is -1.37. The zero-order chi connectivity index (χ0) is 16.9. The molecule has 1 aromatic carbocycles. The van der Waals surface area contributed by atoms with Crippen LogP contribution in [-0.4, -0.2) is 22.8 Å². The summed E-state index contributed by atoms with van der Waals surface area (Å²) in [6, 6.07) is 0.713. The lowest BCUT2D eigenvalue weighted by Crippen LogP contribution is -2.24. The molecule has 0 bridgehead atoms. The van der Waals surface area contributed by atoms with Crippen LogP contribution in [0.25, 0.3) is 10.9 Å². The first-order valence-corrected chi connectivity index (χ1v) is 7.28. The smallest absolute Gasteiger partial charge is 0.341 e. The van der Waals surface area contributed by atoms with Crippen molar-refractivity contribution in [3.05, 3.63) is 39.2 Å². The van der Waals surface area contributed by atoms with E-state index in [2.05, 4.69) is 0 Å². The second-order valence-corrected chi connectivity index (χ2v) is 5.51. The van der Waals surface area contributed by atoms with Gasteiger partial charge in [0.1, 0.15) is 5.56 Å². The molecule has 5 nitrogen and oxygen atoms in total. The van der Waals surface area contributed by atoms with Crippen LogP contribution in [0.5, 0.6) is 5.75 Å². The third-order valence-corrected chi connectivity index (χ3v) is 4.11. The molecule has 0 saturated heterocycles. The predicted octanol–water partition coefficient (Wildman–Crippen LogP) is 2.88. The van der Waals surface area contributed by atoms with E-state index in [1.165, 1.54) is 7.11 Å². The molecule has 0 amide bonds. The standard InChI is InChI=1S/C16H15F2NO4/c1-3-10-11(16(21)22)14(20)8-6-9(17)12(18)15(23-2)13(8)19(10)7-4-5-7/h6-7H,3-5H2,1-2H3,(H,21,22). The van der Waals surface area contributed by atoms with E-state index in [1.807, 2.05) is 0 Å². The van der Waals surface area contributed by atoms with E-state index in [-0.39, 0.29) is 34.7 Å². The number of carboxylic acids is 1. The number of pyridine rings is 1. The number of hydrogen-bond acceptors (Lipinski definition) is 3. The highest BCUT2D eigenvalue weighted by atomic mass is 19.2. The van der Waals surface area contributed by atoms with Crippen molar-refractivity contribution in [3.63, 3.8) is 0 Å². The van der Waals surface area contributed by atoms with Gasteiger partial charge in [0.15, 0.2) is 11.6 Å². The number of carboxylic acid groups (broad SMARTS) is 1. The number of benzene rings is 1. The summed E-state index contributed by atoms with van der Waals surface area (Å²) in [4.78, 5) is 24.1. The highest BCUT2D eigenvalue weighted by Crippen LogP contribution is 2.42. The first kappa shape index (κ1) is 15.5. The van der Waals surface area contributed by atoms with Crippen molar-refractivity contribution in [2.24, 2.45) is 0 Å². The van der Waals surface area contributed by atoms with Gasteiger partial charge in [-0.05, 0) is 25.3 Å². The molecule has 1 saturated carbocycles. The van der Waals surface area contributed by atoms with Gasteiger partial charge in [0.05, 0.1) is 18.0 Å². The zero-order valence-corrected chi connectivity index (χ0v) is 12.7. The van der Waals surface area contributed by atoms with Gasteiger partial charge in [0.25, 0.3) is 0 Å². The lowest BCUT2D eigenvalue weighted by molar-refractivity contribution is 0.0693. The van der Waals surface area contributed by atoms with E-state index in [4.69, 9.17) is 4.74 Å². The van der Waals surface area contributed by atoms with Crippen LogP contribution in [0, 0.1) is 11.6 Å². The molecule has 0 radical (unpaired) electrons. The molecule has 0 spiro atoms. The van der Waals surface area contributed by atoms with Gasteiger partial charge in [-0.25, -0.2) is 9.18 Å². The van der Waals surface area contributed by atoms with Crippen molar-refractivity contribution < 1.29 is 23.4 Å². The fourth-order valence-corrected chi connectivity index (χ4v) is 3.02. The summed E-state index contributed by atoms with van der Waals surface area (Å²) in [5, 5.41) is 9.22. The molecule has 1 heterocycles. The van der Waals surface area contributed by atoms with Gasteiger partial charge in [-0.2, -0.15) is 4.39 Å². The number of carbonyl (C=O) groups is 1. The minimum absolute atomic E-state index is 0.0371. The van der Waals surface area contributed by atoms with Crippen molar-refractivity contribution in [1.82, 2.24) is 4.57 Å². The summed E-state index contributed by atoms with van der Waals surface area (Å²) in [6.07, 6.45) is 1.85. The van der Waals surface area contributed by atoms with E-state index >= 15 is 0 Å². The molecule has 1 aliphatic carbocycles. The maximum Gasteiger partial charge on any atom is 0.341 e. The van der Waals surface area contributed by atoms with Crippen LogP contribution < -0.4 is 10.2 Å². The highest BCUT2D eigenvalue weighted by Gasteiger charge is 2.33. The molecule has 1 fully saturated rings. The SMILES string of the molecule is CCc1c(C(=O)O)c(=O)c2cc(F)c(F)c(OC)c2n1C1CC1. The first-order chi connectivity index (χ1) is 10.9. The second-order valence-electron chi connectivity index (χ2n) is 5.51. The van der Waals surface area contributed by atoms with Crippen LogP contribution in [0.4, 0.5) is 8.78 Å². The summed E-state index contributed by atoms with van der Waals surface area (Å²) < 4.78 is 34.5. The van der Waals surface area contributed by atoms with Crippen LogP contribution in [-0.2, 0) is 6.42 Å². The average molecular weight is 323 g/mol. The number of hydrogen-bond donors (Lipinski definition) is 1. The van der Waals surface area contributed by atoms with Crippen LogP contribution in [0.2, 0.25) is 0 Å². The number of halogens is 2. The Balaban J connectivity index is 2.61. The number of fused-ring (bicyclic) bond motifs is 1. The number of nitrogens with zero attached hydrogens (tertiary/aromatic N) is 1. The Hall–Kier alpha value is -2.44. The summed E-state index contributed by atoms with van der Waals surface area (Å²) in [6.45, 7) is 1.72. The van der Waals surface area contributed by atoms with Gasteiger partial charge in [-0.15, -0.1) is 0 Å². The van der Waals surface area contributed by atoms with Crippen LogP contribution in [0.1, 0.15) is 41.9 Å². The number of ether oxygens (including phenoxy) is 1. The fourth-order valence-electron chi connectivity index (χ4n) is 3.02. The maximum atomic E-state index is 14.1. The van der Waals surface area contributed by atoms with Crippen molar-refractivity contribution in [2.45, 2.75) is 32.2 Å². The topological polar surface area (TPSA) is 68.5 Å². The molecule has 0 atom stereocenters. The lowest BCUT2D eigenvalue weighted by atomic mass is 10.0. The van der Waals surface area contributed by atoms with Crippen molar-refractivity contribution in [3.8, 4) is 5.75 Å². The summed E-state index contributed by atoms with van der Waals surface area (Å²) in [5.74, 6) is -4.16. The number of rotatable bonds is 4. The Morgan fingerprint density at radius 1 is 1.43 bits per heavy atom. The van der Waals surface area contributed by atoms with Gasteiger partial charge >= 0.3 is 5.97 Å². The Labute approximate surface area is 130 Å². The van der Waals surface area contributed by atoms with E-state index < -0.39 is 23.0 Å². The van der Waals surface area contributed by atoms with Crippen molar-refractivity contribution >= 4 is 16.9 Å². The third-order valence-electron chi connectivity index (χ3n) is 4.11. The molecule has 0 aliphatic heterocycles. The molecule has 3 rings (SSSR count). The Bertz CT molecular complexity index is 884. The highest BCUT2D eigenvalue weighted by molar-refractivity contribution is 5.96. The van der Waals surface area contributed by atoms with E-state index in [0.29, 0.717) is 5.69 Å². The number of methoxy groups -OCH3 is 1. The van der Waals surface area contributed by atoms with Crippen LogP contribution in [0.3, 0.4) is 0 Å². The second kappa shape index (κ2) is 5.33. The molecule has 7 heteroatoms. The van der Waals surface area contributed by atoms with Crippen LogP contribution in [0.15, 0.2) is 10.9 Å². The average Bonchev–Trinajstić information content (AvgIpc) is 3.33. The summed E-state index contributed by atoms with van der Waals surface area (Å²) >= 11 is 0. The number of aromatic nitrogens is 1. The molecule has 23 heavy (non-hydrogen) atoms. The largest absolute Gasteiger partial charge is 0.491 e. The van der Waals surface area contributed by atoms with Gasteiger partial charge in [0.2, 0.25) is 11.2 Å². The van der Waals surface area contributed by atoms with E-state index in [0.717, 1.165) is 18.9 Å². The van der Waals surface area contributed by atoms with Gasteiger partial charge < -0.3 is 14.4 Å². The van der Waals surface area contributed by atoms with Gasteiger partial charge in [-0.1, -0.05) is 6.92 Å². The normalized spacial score (nSPS) is 14.3. The Morgan fingerprint density at radius 3 is 2.57 bits per heavy atom. The lowest BCUT2D eigenvalue weighted by Gasteiger charge is -2.20. The maximum absolute atomic E-state index is 14.1. The molecular formula is C16H15F2NO4. The number of aromatic carboxylic acids is 1. The summed E-state index contributed by atoms with van der Waals surface area (Å²) in [5.41, 5.74) is -0.777. The summed E-state index contributed by atoms with van der Waals surface area (Å²) in [7, 11) is 1.19. The fraction of sp³-hybridized carbons (Fsp3) is 0.375. The Morgan fingerprint density at radius 2 is 2.09 bits per heavy atom. The molecule has 1 aromatic heterocycles. The van der Waals surface area contributed by atoms with Crippen molar-refractivity contribution in [2.75, 3.05) is 7.11 Å². The monoisotopic (exact) mass is 323 g/mol. The molecule has 1 N–H and O–H groups in total. The van der Waals surface area contributed by atoms with E-state index in [1.54, 1.807) is 11.5 Å². The predicted molar refractivity (Wildman–Crippen MR) is 79.3 cm³/mol. The van der Waals surface area contributed by atoms with Gasteiger partial charge in [0, 0.05) is 11.7 Å². The molecule has 122 valence electrons. The van der Waals surface area contributed by atoms with Gasteiger partial charge in [-0.3, -0.25) is 4.79 Å². The molecule has 0 unspecified atom stereocenters. The third kappa shape index (κ3) is 2.18. The zero-order valence-electron chi connectivity index (χ0n) is 12.7. The van der Waals surface area contributed by atoms with Crippen LogP contribution >= 0.6 is 0 Å². The van der Waals surface area contributed by atoms with E-state index in [9.17, 15) is 23.5 Å². The molecule has 2 aromatic rings. The molecule has 1 aliphatic rings. The molecular weight excluding hydrogens is 308 g/mol.